The number of rotatable bonds is 47. The van der Waals surface area contributed by atoms with Crippen LogP contribution in [0.2, 0.25) is 0 Å². The van der Waals surface area contributed by atoms with Crippen LogP contribution in [0.15, 0.2) is 24.3 Å². The van der Waals surface area contributed by atoms with Gasteiger partial charge in [-0.3, -0.25) is 9.59 Å². The molecule has 8 nitrogen and oxygen atoms in total. The van der Waals surface area contributed by atoms with E-state index in [1.807, 2.05) is 21.1 Å². The van der Waals surface area contributed by atoms with Crippen molar-refractivity contribution in [1.29, 1.82) is 0 Å². The summed E-state index contributed by atoms with van der Waals surface area (Å²) in [5.41, 5.74) is 0. The van der Waals surface area contributed by atoms with Crippen LogP contribution in [0.4, 0.5) is 0 Å². The number of quaternary nitrogens is 1. The Balaban J connectivity index is 4.18. The van der Waals surface area contributed by atoms with E-state index < -0.39 is 18.1 Å². The van der Waals surface area contributed by atoms with Crippen molar-refractivity contribution in [1.82, 2.24) is 0 Å². The lowest BCUT2D eigenvalue weighted by atomic mass is 10.0. The van der Waals surface area contributed by atoms with Gasteiger partial charge in [0.1, 0.15) is 12.6 Å². The Bertz CT molecular complexity index is 1050. The van der Waals surface area contributed by atoms with Crippen LogP contribution < -0.4 is 5.11 Å². The van der Waals surface area contributed by atoms with E-state index >= 15 is 0 Å². The minimum Gasteiger partial charge on any atom is -0.544 e. The number of carbonyl (C=O) groups is 3. The Kier molecular flexibility index (Phi) is 42.8. The smallest absolute Gasteiger partial charge is 0.306 e. The van der Waals surface area contributed by atoms with Gasteiger partial charge in [0.2, 0.25) is 0 Å². The van der Waals surface area contributed by atoms with Crippen LogP contribution in [0.1, 0.15) is 245 Å². The Labute approximate surface area is 377 Å². The molecule has 2 unspecified atom stereocenters. The summed E-state index contributed by atoms with van der Waals surface area (Å²) in [5, 5.41) is 11.7. The molecule has 61 heavy (non-hydrogen) atoms. The Morgan fingerprint density at radius 3 is 1.34 bits per heavy atom. The monoisotopic (exact) mass is 862 g/mol. The second-order valence-corrected chi connectivity index (χ2v) is 18.7. The SMILES string of the molecule is CC/C=C/C/C=C/CCCCCCCCCCCCCCCCC(=O)OCC(COCCC(C(=O)[O-])[N+](C)(C)C)OC(=O)CCCCCCCCCCCCCCCCCC. The summed E-state index contributed by atoms with van der Waals surface area (Å²) in [7, 11) is 5.43. The lowest BCUT2D eigenvalue weighted by molar-refractivity contribution is -0.889. The standard InChI is InChI=1S/C53H99NO7/c1-6-8-10-12-14-16-18-20-22-24-25-26-27-28-30-31-33-35-37-39-41-43-51(55)60-48-49(47-59-46-45-50(53(57)58)54(3,4)5)61-52(56)44-42-40-38-36-34-32-29-23-21-19-17-15-13-11-9-7-2/h8,10,14,16,49-50H,6-7,9,11-13,15,17-48H2,1-5H3/b10-8+,16-14+. The number of esters is 2. The summed E-state index contributed by atoms with van der Waals surface area (Å²) in [4.78, 5) is 37.0. The van der Waals surface area contributed by atoms with Crippen molar-refractivity contribution >= 4 is 17.9 Å². The third kappa shape index (κ3) is 42.9. The van der Waals surface area contributed by atoms with E-state index in [1.165, 1.54) is 161 Å². The maximum atomic E-state index is 12.8. The van der Waals surface area contributed by atoms with Gasteiger partial charge in [0.05, 0.1) is 40.3 Å². The van der Waals surface area contributed by atoms with Crippen molar-refractivity contribution < 1.29 is 38.2 Å². The first kappa shape index (κ1) is 58.8. The molecule has 0 aromatic rings. The largest absolute Gasteiger partial charge is 0.544 e. The summed E-state index contributed by atoms with van der Waals surface area (Å²) < 4.78 is 17.3. The highest BCUT2D eigenvalue weighted by Gasteiger charge is 2.25. The maximum absolute atomic E-state index is 12.8. The molecule has 0 rings (SSSR count). The van der Waals surface area contributed by atoms with Gasteiger partial charge in [0, 0.05) is 19.3 Å². The van der Waals surface area contributed by atoms with Crippen LogP contribution in [-0.4, -0.2) is 75.5 Å². The highest BCUT2D eigenvalue weighted by atomic mass is 16.6. The number of hydrogen-bond donors (Lipinski definition) is 0. The first-order chi connectivity index (χ1) is 29.6. The van der Waals surface area contributed by atoms with Gasteiger partial charge in [-0.1, -0.05) is 212 Å². The zero-order chi connectivity index (χ0) is 44.9. The van der Waals surface area contributed by atoms with Crippen molar-refractivity contribution in [2.24, 2.45) is 0 Å². The Morgan fingerprint density at radius 1 is 0.508 bits per heavy atom. The van der Waals surface area contributed by atoms with Crippen molar-refractivity contribution in [2.75, 3.05) is 41.0 Å². The predicted octanol–water partition coefficient (Wildman–Crippen LogP) is 13.5. The third-order valence-corrected chi connectivity index (χ3v) is 11.9. The molecular formula is C53H99NO7. The molecule has 2 atom stereocenters. The van der Waals surface area contributed by atoms with Crippen LogP contribution in [-0.2, 0) is 28.6 Å². The molecule has 0 saturated heterocycles. The molecule has 8 heteroatoms. The first-order valence-electron chi connectivity index (χ1n) is 25.9. The van der Waals surface area contributed by atoms with E-state index in [0.717, 1.165) is 51.4 Å². The van der Waals surface area contributed by atoms with Gasteiger partial charge in [0.25, 0.3) is 0 Å². The van der Waals surface area contributed by atoms with Crippen LogP contribution >= 0.6 is 0 Å². The van der Waals surface area contributed by atoms with E-state index in [-0.39, 0.29) is 42.7 Å². The molecule has 0 aliphatic rings. The average Bonchev–Trinajstić information content (AvgIpc) is 3.22. The summed E-state index contributed by atoms with van der Waals surface area (Å²) in [6, 6.07) is -0.722. The molecule has 0 heterocycles. The lowest BCUT2D eigenvalue weighted by Crippen LogP contribution is -2.55. The molecule has 0 saturated carbocycles. The summed E-state index contributed by atoms with van der Waals surface area (Å²) >= 11 is 0. The maximum Gasteiger partial charge on any atom is 0.306 e. The third-order valence-electron chi connectivity index (χ3n) is 11.9. The van der Waals surface area contributed by atoms with Gasteiger partial charge in [-0.25, -0.2) is 0 Å². The zero-order valence-corrected chi connectivity index (χ0v) is 40.8. The number of carboxylic acids is 1. The number of aliphatic carboxylic acids is 1. The molecule has 0 spiro atoms. The van der Waals surface area contributed by atoms with E-state index in [0.29, 0.717) is 12.8 Å². The molecule has 0 aromatic carbocycles. The Hall–Kier alpha value is -2.19. The first-order valence-corrected chi connectivity index (χ1v) is 25.9. The fourth-order valence-electron chi connectivity index (χ4n) is 7.88. The van der Waals surface area contributed by atoms with E-state index in [2.05, 4.69) is 38.2 Å². The van der Waals surface area contributed by atoms with Gasteiger partial charge < -0.3 is 28.6 Å². The molecule has 358 valence electrons. The quantitative estimate of drug-likeness (QED) is 0.0260. The van der Waals surface area contributed by atoms with Crippen LogP contribution in [0, 0.1) is 0 Å². The summed E-state index contributed by atoms with van der Waals surface area (Å²) in [6.07, 6.45) is 50.6. The minimum atomic E-state index is -1.12. The number of unbranched alkanes of at least 4 members (excludes halogenated alkanes) is 29. The highest BCUT2D eigenvalue weighted by Crippen LogP contribution is 2.17. The lowest BCUT2D eigenvalue weighted by Gasteiger charge is -2.34. The molecule has 0 radical (unpaired) electrons. The molecule has 0 fully saturated rings. The number of likely N-dealkylation sites (N-methyl/N-ethyl adjacent to an activating group) is 1. The predicted molar refractivity (Wildman–Crippen MR) is 254 cm³/mol. The van der Waals surface area contributed by atoms with Gasteiger partial charge in [-0.2, -0.15) is 0 Å². The number of carboxylic acid groups (broad SMARTS) is 1. The average molecular weight is 862 g/mol. The van der Waals surface area contributed by atoms with Crippen LogP contribution in [0.5, 0.6) is 0 Å². The highest BCUT2D eigenvalue weighted by molar-refractivity contribution is 5.70. The topological polar surface area (TPSA) is 102 Å². The normalized spacial score (nSPS) is 13.0. The number of hydrogen-bond acceptors (Lipinski definition) is 7. The van der Waals surface area contributed by atoms with Crippen molar-refractivity contribution in [2.45, 2.75) is 257 Å². The van der Waals surface area contributed by atoms with Gasteiger partial charge in [-0.05, 0) is 38.5 Å². The van der Waals surface area contributed by atoms with Crippen molar-refractivity contribution in [3.8, 4) is 0 Å². The number of ether oxygens (including phenoxy) is 3. The summed E-state index contributed by atoms with van der Waals surface area (Å²) in [6.45, 7) is 4.61. The second kappa shape index (κ2) is 44.4. The second-order valence-electron chi connectivity index (χ2n) is 18.7. The molecular weight excluding hydrogens is 763 g/mol. The Morgan fingerprint density at radius 2 is 0.918 bits per heavy atom. The van der Waals surface area contributed by atoms with Crippen molar-refractivity contribution in [3.63, 3.8) is 0 Å². The van der Waals surface area contributed by atoms with Gasteiger partial charge in [-0.15, -0.1) is 0 Å². The molecule has 0 aliphatic heterocycles. The van der Waals surface area contributed by atoms with E-state index in [1.54, 1.807) is 0 Å². The molecule has 0 aromatic heterocycles. The van der Waals surface area contributed by atoms with Crippen molar-refractivity contribution in [3.05, 3.63) is 24.3 Å². The number of nitrogens with zero attached hydrogens (tertiary/aromatic N) is 1. The van der Waals surface area contributed by atoms with Crippen LogP contribution in [0.25, 0.3) is 0 Å². The minimum absolute atomic E-state index is 0.0463. The van der Waals surface area contributed by atoms with E-state index in [9.17, 15) is 19.5 Å². The van der Waals surface area contributed by atoms with Gasteiger partial charge >= 0.3 is 11.9 Å². The van der Waals surface area contributed by atoms with E-state index in [4.69, 9.17) is 14.2 Å². The zero-order valence-electron chi connectivity index (χ0n) is 40.8. The fourth-order valence-corrected chi connectivity index (χ4v) is 7.88. The number of carbonyl (C=O) groups excluding carboxylic acids is 3. The number of allylic oxidation sites excluding steroid dienone is 4. The summed E-state index contributed by atoms with van der Waals surface area (Å²) in [5.74, 6) is -1.72. The van der Waals surface area contributed by atoms with Gasteiger partial charge in [0.15, 0.2) is 6.10 Å². The fraction of sp³-hybridized carbons (Fsp3) is 0.868. The van der Waals surface area contributed by atoms with Crippen LogP contribution in [0.3, 0.4) is 0 Å². The molecule has 0 N–H and O–H groups in total. The molecule has 0 bridgehead atoms. The molecule has 0 amide bonds. The molecule has 0 aliphatic carbocycles.